The highest BCUT2D eigenvalue weighted by Gasteiger charge is 2.34. The van der Waals surface area contributed by atoms with Crippen LogP contribution in [0.2, 0.25) is 5.02 Å². The van der Waals surface area contributed by atoms with Crippen LogP contribution < -0.4 is 9.47 Å². The Labute approximate surface area is 180 Å². The lowest BCUT2D eigenvalue weighted by atomic mass is 10.0. The van der Waals surface area contributed by atoms with Gasteiger partial charge >= 0.3 is 18.2 Å². The number of benzene rings is 1. The molecule has 0 N–H and O–H groups in total. The fourth-order valence-corrected chi connectivity index (χ4v) is 2.57. The number of nitrogens with zero attached hydrogens (tertiary/aromatic N) is 3. The number of carbonyl (C=O) groups is 1. The molecule has 0 saturated heterocycles. The van der Waals surface area contributed by atoms with Crippen LogP contribution in [0.3, 0.4) is 0 Å². The van der Waals surface area contributed by atoms with Gasteiger partial charge in [0.1, 0.15) is 13.7 Å². The molecule has 2 rings (SSSR count). The molecular weight excluding hydrogens is 443 g/mol. The first-order chi connectivity index (χ1) is 14.6. The number of ether oxygens (including phenoxy) is 3. The second kappa shape index (κ2) is 10.3. The summed E-state index contributed by atoms with van der Waals surface area (Å²) >= 11 is 6.23. The number of alkyl halides is 3. The molecule has 0 aliphatic rings. The summed E-state index contributed by atoms with van der Waals surface area (Å²) in [6.45, 7) is 2.89. The molecule has 0 spiro atoms. The maximum Gasteiger partial charge on any atom is 0.433 e. The second-order valence-corrected chi connectivity index (χ2v) is 6.61. The zero-order valence-corrected chi connectivity index (χ0v) is 17.7. The molecule has 2 aromatic rings. The van der Waals surface area contributed by atoms with E-state index >= 15 is 0 Å². The highest BCUT2D eigenvalue weighted by molar-refractivity contribution is 6.44. The summed E-state index contributed by atoms with van der Waals surface area (Å²) < 4.78 is 54.9. The van der Waals surface area contributed by atoms with Crippen molar-refractivity contribution in [3.05, 3.63) is 46.1 Å². The lowest BCUT2D eigenvalue weighted by Crippen LogP contribution is -2.20. The van der Waals surface area contributed by atoms with E-state index in [1.54, 1.807) is 19.9 Å². The van der Waals surface area contributed by atoms with Crippen molar-refractivity contribution in [2.45, 2.75) is 32.7 Å². The van der Waals surface area contributed by atoms with E-state index in [0.717, 1.165) is 7.11 Å². The van der Waals surface area contributed by atoms with Crippen molar-refractivity contribution in [1.82, 2.24) is 9.97 Å². The molecule has 0 saturated carbocycles. The number of aromatic nitrogens is 2. The monoisotopic (exact) mass is 461 g/mol. The van der Waals surface area contributed by atoms with Crippen molar-refractivity contribution in [3.63, 3.8) is 0 Å². The molecule has 8 nitrogen and oxygen atoms in total. The number of hydrogen-bond donors (Lipinski definition) is 0. The third kappa shape index (κ3) is 6.45. The number of rotatable bonds is 8. The molecule has 12 heteroatoms. The van der Waals surface area contributed by atoms with Crippen molar-refractivity contribution in [2.24, 2.45) is 5.16 Å². The Morgan fingerprint density at radius 1 is 1.23 bits per heavy atom. The van der Waals surface area contributed by atoms with E-state index in [1.165, 1.54) is 19.2 Å². The fourth-order valence-electron chi connectivity index (χ4n) is 2.34. The topological polar surface area (TPSA) is 92.1 Å². The highest BCUT2D eigenvalue weighted by Crippen LogP contribution is 2.31. The minimum atomic E-state index is -4.74. The summed E-state index contributed by atoms with van der Waals surface area (Å²) in [6, 6.07) is 4.72. The maximum atomic E-state index is 13.2. The van der Waals surface area contributed by atoms with E-state index in [0.29, 0.717) is 6.07 Å². The standard InChI is InChI=1S/C19H19ClF3N3O5/c1-10(2)31-18-24-14(19(21,22)23)8-15(25-18)30-9-12-11(6-5-7-13(12)20)16(26-29-4)17(27)28-3/h5-8,10H,9H2,1-4H3. The Morgan fingerprint density at radius 2 is 1.94 bits per heavy atom. The molecule has 0 bridgehead atoms. The largest absolute Gasteiger partial charge is 0.473 e. The van der Waals surface area contributed by atoms with Crippen LogP contribution in [0.1, 0.15) is 30.7 Å². The van der Waals surface area contributed by atoms with E-state index in [9.17, 15) is 18.0 Å². The van der Waals surface area contributed by atoms with Crippen molar-refractivity contribution >= 4 is 23.3 Å². The third-order valence-corrected chi connectivity index (χ3v) is 3.97. The predicted molar refractivity (Wildman–Crippen MR) is 104 cm³/mol. The normalized spacial score (nSPS) is 12.0. The summed E-state index contributed by atoms with van der Waals surface area (Å²) in [5.74, 6) is -1.20. The molecule has 1 heterocycles. The first-order valence-corrected chi connectivity index (χ1v) is 9.17. The Balaban J connectivity index is 2.43. The summed E-state index contributed by atoms with van der Waals surface area (Å²) in [6.07, 6.45) is -5.20. The molecule has 0 aliphatic carbocycles. The predicted octanol–water partition coefficient (Wildman–Crippen LogP) is 4.04. The van der Waals surface area contributed by atoms with Gasteiger partial charge in [0.25, 0.3) is 0 Å². The number of hydrogen-bond acceptors (Lipinski definition) is 8. The van der Waals surface area contributed by atoms with Crippen molar-refractivity contribution in [3.8, 4) is 11.9 Å². The highest BCUT2D eigenvalue weighted by atomic mass is 35.5. The second-order valence-electron chi connectivity index (χ2n) is 6.21. The van der Waals surface area contributed by atoms with Gasteiger partial charge < -0.3 is 19.0 Å². The van der Waals surface area contributed by atoms with E-state index < -0.39 is 35.8 Å². The Hall–Kier alpha value is -3.08. The maximum absolute atomic E-state index is 13.2. The molecule has 1 aromatic carbocycles. The average Bonchev–Trinajstić information content (AvgIpc) is 2.69. The smallest absolute Gasteiger partial charge is 0.433 e. The molecule has 0 unspecified atom stereocenters. The van der Waals surface area contributed by atoms with Gasteiger partial charge in [-0.3, -0.25) is 0 Å². The van der Waals surface area contributed by atoms with Crippen LogP contribution in [0.5, 0.6) is 11.9 Å². The minimum Gasteiger partial charge on any atom is -0.473 e. The first kappa shape index (κ1) is 24.2. The van der Waals surface area contributed by atoms with Gasteiger partial charge in [0.05, 0.1) is 13.2 Å². The molecule has 1 aromatic heterocycles. The zero-order valence-electron chi connectivity index (χ0n) is 17.0. The molecule has 168 valence electrons. The van der Waals surface area contributed by atoms with Gasteiger partial charge in [0.2, 0.25) is 5.88 Å². The molecule has 0 fully saturated rings. The molecule has 0 aliphatic heterocycles. The van der Waals surface area contributed by atoms with Crippen LogP contribution in [-0.4, -0.2) is 42.0 Å². The third-order valence-electron chi connectivity index (χ3n) is 3.61. The molecule has 0 amide bonds. The van der Waals surface area contributed by atoms with Crippen LogP contribution in [0.4, 0.5) is 13.2 Å². The van der Waals surface area contributed by atoms with Crippen molar-refractivity contribution < 1.29 is 37.0 Å². The summed E-state index contributed by atoms with van der Waals surface area (Å²) in [4.78, 5) is 24.0. The summed E-state index contributed by atoms with van der Waals surface area (Å²) in [7, 11) is 2.39. The number of oxime groups is 1. The molecule has 31 heavy (non-hydrogen) atoms. The number of methoxy groups -OCH3 is 1. The number of halogens is 4. The van der Waals surface area contributed by atoms with Crippen LogP contribution in [0, 0.1) is 0 Å². The van der Waals surface area contributed by atoms with E-state index in [-0.39, 0.29) is 28.5 Å². The van der Waals surface area contributed by atoms with E-state index in [2.05, 4.69) is 24.7 Å². The lowest BCUT2D eigenvalue weighted by Gasteiger charge is -2.15. The average molecular weight is 462 g/mol. The Morgan fingerprint density at radius 3 is 2.52 bits per heavy atom. The Bertz CT molecular complexity index is 967. The van der Waals surface area contributed by atoms with E-state index in [4.69, 9.17) is 21.1 Å². The van der Waals surface area contributed by atoms with Crippen LogP contribution in [-0.2, 0) is 27.2 Å². The Kier molecular flexibility index (Phi) is 8.03. The molecular formula is C19H19ClF3N3O5. The summed E-state index contributed by atoms with van der Waals surface area (Å²) in [5.41, 5.74) is -0.967. The van der Waals surface area contributed by atoms with Gasteiger partial charge in [-0.15, -0.1) is 0 Å². The van der Waals surface area contributed by atoms with Crippen LogP contribution >= 0.6 is 11.6 Å². The van der Waals surface area contributed by atoms with Gasteiger partial charge in [0, 0.05) is 22.2 Å². The van der Waals surface area contributed by atoms with Crippen LogP contribution in [0.25, 0.3) is 0 Å². The number of carbonyl (C=O) groups excluding carboxylic acids is 1. The van der Waals surface area contributed by atoms with Gasteiger partial charge in [-0.25, -0.2) is 4.79 Å². The number of esters is 1. The zero-order chi connectivity index (χ0) is 23.2. The van der Waals surface area contributed by atoms with Gasteiger partial charge in [-0.05, 0) is 19.9 Å². The van der Waals surface area contributed by atoms with Gasteiger partial charge in [0.15, 0.2) is 11.4 Å². The van der Waals surface area contributed by atoms with E-state index in [1.807, 2.05) is 0 Å². The SMILES string of the molecule is CON=C(C(=O)OC)c1cccc(Cl)c1COc1cc(C(F)(F)F)nc(OC(C)C)n1. The fraction of sp³-hybridized carbons (Fsp3) is 0.368. The summed E-state index contributed by atoms with van der Waals surface area (Å²) in [5, 5.41) is 3.82. The lowest BCUT2D eigenvalue weighted by molar-refractivity contribution is -0.141. The quantitative estimate of drug-likeness (QED) is 0.333. The van der Waals surface area contributed by atoms with Crippen LogP contribution in [0.15, 0.2) is 29.4 Å². The minimum absolute atomic E-state index is 0.175. The van der Waals surface area contributed by atoms with Gasteiger partial charge in [-0.1, -0.05) is 28.9 Å². The van der Waals surface area contributed by atoms with Crippen molar-refractivity contribution in [1.29, 1.82) is 0 Å². The van der Waals surface area contributed by atoms with Gasteiger partial charge in [-0.2, -0.15) is 23.1 Å². The molecule has 0 radical (unpaired) electrons. The first-order valence-electron chi connectivity index (χ1n) is 8.79. The van der Waals surface area contributed by atoms with Crippen molar-refractivity contribution in [2.75, 3.05) is 14.2 Å². The molecule has 0 atom stereocenters.